The highest BCUT2D eigenvalue weighted by Crippen LogP contribution is 2.33. The molecule has 29 heavy (non-hydrogen) atoms. The zero-order valence-corrected chi connectivity index (χ0v) is 16.8. The molecule has 9 heteroatoms. The van der Waals surface area contributed by atoms with Gasteiger partial charge < -0.3 is 4.90 Å². The molecule has 156 valence electrons. The first kappa shape index (κ1) is 22.5. The van der Waals surface area contributed by atoms with Crippen LogP contribution in [0.25, 0.3) is 0 Å². The molecule has 0 aliphatic heterocycles. The van der Waals surface area contributed by atoms with Gasteiger partial charge in [0.15, 0.2) is 0 Å². The normalized spacial score (nSPS) is 11.8. The summed E-state index contributed by atoms with van der Waals surface area (Å²) >= 11 is 0. The van der Waals surface area contributed by atoms with Crippen molar-refractivity contribution >= 4 is 21.6 Å². The summed E-state index contributed by atoms with van der Waals surface area (Å²) in [4.78, 5) is 13.6. The van der Waals surface area contributed by atoms with Crippen LogP contribution in [0, 0.1) is 0 Å². The number of hydrogen-bond acceptors (Lipinski definition) is 3. The van der Waals surface area contributed by atoms with E-state index in [1.807, 2.05) is 0 Å². The topological polar surface area (TPSA) is 57.7 Å². The Morgan fingerprint density at radius 3 is 2.38 bits per heavy atom. The number of amides is 1. The SMILES string of the molecule is C=CCN(c1cccc(C(F)(F)F)c1)S(=O)(=O)c1cccc(C(=O)N(C)CC)c1. The van der Waals surface area contributed by atoms with Gasteiger partial charge in [-0.2, -0.15) is 13.2 Å². The molecule has 0 saturated heterocycles. The molecule has 0 fully saturated rings. The maximum absolute atomic E-state index is 13.2. The first-order chi connectivity index (χ1) is 13.5. The Kier molecular flexibility index (Phi) is 6.73. The van der Waals surface area contributed by atoms with E-state index in [9.17, 15) is 26.4 Å². The summed E-state index contributed by atoms with van der Waals surface area (Å²) in [7, 11) is -2.66. The van der Waals surface area contributed by atoms with Crippen LogP contribution in [0.5, 0.6) is 0 Å². The Morgan fingerprint density at radius 2 is 1.79 bits per heavy atom. The number of benzene rings is 2. The Balaban J connectivity index is 2.54. The molecule has 0 radical (unpaired) electrons. The molecule has 2 rings (SSSR count). The number of nitrogens with zero attached hydrogens (tertiary/aromatic N) is 2. The van der Waals surface area contributed by atoms with E-state index in [4.69, 9.17) is 0 Å². The van der Waals surface area contributed by atoms with Crippen LogP contribution in [0.15, 0.2) is 66.1 Å². The van der Waals surface area contributed by atoms with Gasteiger partial charge in [0, 0.05) is 19.2 Å². The quantitative estimate of drug-likeness (QED) is 0.624. The Hall–Kier alpha value is -2.81. The molecule has 0 bridgehead atoms. The van der Waals surface area contributed by atoms with Crippen LogP contribution >= 0.6 is 0 Å². The lowest BCUT2D eigenvalue weighted by atomic mass is 10.2. The lowest BCUT2D eigenvalue weighted by molar-refractivity contribution is -0.137. The van der Waals surface area contributed by atoms with Crippen LogP contribution < -0.4 is 4.31 Å². The van der Waals surface area contributed by atoms with Crippen molar-refractivity contribution in [3.05, 3.63) is 72.3 Å². The van der Waals surface area contributed by atoms with Crippen LogP contribution in [-0.2, 0) is 16.2 Å². The van der Waals surface area contributed by atoms with E-state index in [1.165, 1.54) is 41.3 Å². The van der Waals surface area contributed by atoms with Gasteiger partial charge in [-0.3, -0.25) is 9.10 Å². The molecule has 5 nitrogen and oxygen atoms in total. The largest absolute Gasteiger partial charge is 0.416 e. The summed E-state index contributed by atoms with van der Waals surface area (Å²) < 4.78 is 66.3. The molecule has 1 amide bonds. The van der Waals surface area contributed by atoms with E-state index < -0.39 is 21.8 Å². The van der Waals surface area contributed by atoms with Crippen molar-refractivity contribution in [2.75, 3.05) is 24.4 Å². The van der Waals surface area contributed by atoms with Crippen LogP contribution in [0.2, 0.25) is 0 Å². The first-order valence-electron chi connectivity index (χ1n) is 8.68. The van der Waals surface area contributed by atoms with Crippen molar-refractivity contribution in [2.24, 2.45) is 0 Å². The molecule has 0 aromatic heterocycles. The predicted octanol–water partition coefficient (Wildman–Crippen LogP) is 4.18. The number of anilines is 1. The van der Waals surface area contributed by atoms with Gasteiger partial charge in [0.25, 0.3) is 15.9 Å². The smallest absolute Gasteiger partial charge is 0.342 e. The van der Waals surface area contributed by atoms with Gasteiger partial charge in [0.2, 0.25) is 0 Å². The Labute approximate surface area is 168 Å². The predicted molar refractivity (Wildman–Crippen MR) is 105 cm³/mol. The van der Waals surface area contributed by atoms with E-state index in [1.54, 1.807) is 14.0 Å². The summed E-state index contributed by atoms with van der Waals surface area (Å²) in [6, 6.07) is 9.45. The molecule has 2 aromatic carbocycles. The van der Waals surface area contributed by atoms with Gasteiger partial charge in [-0.1, -0.05) is 18.2 Å². The number of hydrogen-bond donors (Lipinski definition) is 0. The van der Waals surface area contributed by atoms with Crippen molar-refractivity contribution in [2.45, 2.75) is 18.0 Å². The average Bonchev–Trinajstić information content (AvgIpc) is 2.70. The number of carbonyl (C=O) groups excluding carboxylic acids is 1. The van der Waals surface area contributed by atoms with E-state index in [0.717, 1.165) is 22.5 Å². The second-order valence-electron chi connectivity index (χ2n) is 6.22. The zero-order chi connectivity index (χ0) is 21.8. The highest BCUT2D eigenvalue weighted by Gasteiger charge is 2.32. The fourth-order valence-electron chi connectivity index (χ4n) is 2.58. The van der Waals surface area contributed by atoms with Crippen molar-refractivity contribution < 1.29 is 26.4 Å². The van der Waals surface area contributed by atoms with Crippen LogP contribution in [0.4, 0.5) is 18.9 Å². The molecular formula is C20H21F3N2O3S. The molecule has 0 unspecified atom stereocenters. The minimum atomic E-state index is -4.61. The number of carbonyl (C=O) groups is 1. The number of alkyl halides is 3. The van der Waals surface area contributed by atoms with E-state index in [2.05, 4.69) is 6.58 Å². The molecule has 0 aliphatic rings. The van der Waals surface area contributed by atoms with Crippen molar-refractivity contribution in [1.82, 2.24) is 4.90 Å². The van der Waals surface area contributed by atoms with Gasteiger partial charge in [0.05, 0.1) is 22.7 Å². The first-order valence-corrected chi connectivity index (χ1v) is 10.1. The molecule has 0 N–H and O–H groups in total. The fourth-order valence-corrected chi connectivity index (χ4v) is 4.05. The van der Waals surface area contributed by atoms with Gasteiger partial charge >= 0.3 is 6.18 Å². The van der Waals surface area contributed by atoms with Gasteiger partial charge in [0.1, 0.15) is 0 Å². The van der Waals surface area contributed by atoms with Crippen LogP contribution in [0.3, 0.4) is 0 Å². The summed E-state index contributed by atoms with van der Waals surface area (Å²) in [6.07, 6.45) is -3.34. The highest BCUT2D eigenvalue weighted by molar-refractivity contribution is 7.92. The maximum atomic E-state index is 13.2. The number of halogens is 3. The molecule has 0 heterocycles. The highest BCUT2D eigenvalue weighted by atomic mass is 32.2. The van der Waals surface area contributed by atoms with E-state index >= 15 is 0 Å². The number of sulfonamides is 1. The molecule has 0 saturated carbocycles. The molecule has 0 aliphatic carbocycles. The minimum absolute atomic E-state index is 0.151. The third kappa shape index (κ3) is 4.97. The van der Waals surface area contributed by atoms with Crippen molar-refractivity contribution in [3.63, 3.8) is 0 Å². The third-order valence-electron chi connectivity index (χ3n) is 4.25. The lowest BCUT2D eigenvalue weighted by Crippen LogP contribution is -2.32. The molecule has 2 aromatic rings. The summed E-state index contributed by atoms with van der Waals surface area (Å²) in [5.41, 5.74) is -0.951. The zero-order valence-electron chi connectivity index (χ0n) is 16.0. The van der Waals surface area contributed by atoms with E-state index in [0.29, 0.717) is 6.54 Å². The monoisotopic (exact) mass is 426 g/mol. The standard InChI is InChI=1S/C20H21F3N2O3S/c1-4-12-25(17-10-7-9-16(14-17)20(21,22)23)29(27,28)18-11-6-8-15(13-18)19(26)24(3)5-2/h4,6-11,13-14H,1,5,12H2,2-3H3. The van der Waals surface area contributed by atoms with Crippen molar-refractivity contribution in [1.29, 1.82) is 0 Å². The minimum Gasteiger partial charge on any atom is -0.342 e. The van der Waals surface area contributed by atoms with Gasteiger partial charge in [-0.15, -0.1) is 6.58 Å². The number of rotatable bonds is 7. The molecule has 0 spiro atoms. The lowest BCUT2D eigenvalue weighted by Gasteiger charge is -2.24. The van der Waals surface area contributed by atoms with Crippen LogP contribution in [-0.4, -0.2) is 39.4 Å². The summed E-state index contributed by atoms with van der Waals surface area (Å²) in [6.45, 7) is 5.46. The second-order valence-corrected chi connectivity index (χ2v) is 8.08. The van der Waals surface area contributed by atoms with E-state index in [-0.39, 0.29) is 28.6 Å². The summed E-state index contributed by atoms with van der Waals surface area (Å²) in [5.74, 6) is -0.362. The van der Waals surface area contributed by atoms with Crippen molar-refractivity contribution in [3.8, 4) is 0 Å². The van der Waals surface area contributed by atoms with Gasteiger partial charge in [-0.25, -0.2) is 8.42 Å². The maximum Gasteiger partial charge on any atom is 0.416 e. The van der Waals surface area contributed by atoms with Crippen LogP contribution in [0.1, 0.15) is 22.8 Å². The third-order valence-corrected chi connectivity index (χ3v) is 6.04. The molecular weight excluding hydrogens is 405 g/mol. The van der Waals surface area contributed by atoms with Gasteiger partial charge in [-0.05, 0) is 43.3 Å². The Morgan fingerprint density at radius 1 is 1.14 bits per heavy atom. The summed E-state index contributed by atoms with van der Waals surface area (Å²) in [5, 5.41) is 0. The molecule has 0 atom stereocenters. The average molecular weight is 426 g/mol. The Bertz CT molecular complexity index is 1000. The fraction of sp³-hybridized carbons (Fsp3) is 0.250. The second kappa shape index (κ2) is 8.69.